The Bertz CT molecular complexity index is 1720. The molecule has 0 N–H and O–H groups in total. The largest absolute Gasteiger partial charge is 0.493 e. The lowest BCUT2D eigenvalue weighted by Gasteiger charge is -2.37. The standard InChI is InChI=1S/C38H42N2O8S/c1-45-35-17-15-29(19-37(35)47-3)33(41)23-39(21-27-11-7-5-8-12-27)31-25-49(43,44)26-32(31)40(22-28-13-9-6-10-14-28)24-34(42)30-16-18-36(46-2)38(20-30)48-4/h5-20,31-32H,21-26H2,1-4H3/t31-,32-/m1/s1. The van der Waals surface area contributed by atoms with Gasteiger partial charge >= 0.3 is 0 Å². The molecule has 1 fully saturated rings. The molecule has 10 nitrogen and oxygen atoms in total. The maximum absolute atomic E-state index is 13.9. The smallest absolute Gasteiger partial charge is 0.176 e. The van der Waals surface area contributed by atoms with E-state index in [2.05, 4.69) is 0 Å². The highest BCUT2D eigenvalue weighted by Crippen LogP contribution is 2.31. The third kappa shape index (κ3) is 8.86. The number of ether oxygens (including phenoxy) is 4. The van der Waals surface area contributed by atoms with Crippen molar-refractivity contribution in [3.63, 3.8) is 0 Å². The molecule has 0 spiro atoms. The molecule has 0 bridgehead atoms. The molecule has 0 unspecified atom stereocenters. The summed E-state index contributed by atoms with van der Waals surface area (Å²) in [5.74, 6) is 1.14. The minimum atomic E-state index is -3.54. The monoisotopic (exact) mass is 686 g/mol. The number of benzene rings is 4. The van der Waals surface area contributed by atoms with Gasteiger partial charge in [-0.05, 0) is 47.5 Å². The summed E-state index contributed by atoms with van der Waals surface area (Å²) in [6, 6.07) is 28.1. The molecule has 49 heavy (non-hydrogen) atoms. The zero-order chi connectivity index (χ0) is 35.0. The Morgan fingerprint density at radius 2 is 0.939 bits per heavy atom. The number of rotatable bonds is 16. The second-order valence-electron chi connectivity index (χ2n) is 12.0. The molecule has 1 saturated heterocycles. The Kier molecular flexibility index (Phi) is 11.7. The Morgan fingerprint density at radius 1 is 0.571 bits per heavy atom. The van der Waals surface area contributed by atoms with Crippen LogP contribution in [0.3, 0.4) is 0 Å². The Balaban J connectivity index is 1.52. The third-order valence-electron chi connectivity index (χ3n) is 8.79. The van der Waals surface area contributed by atoms with Crippen LogP contribution in [-0.2, 0) is 22.9 Å². The van der Waals surface area contributed by atoms with Crippen LogP contribution in [0.2, 0.25) is 0 Å². The normalized spacial score (nSPS) is 16.8. The van der Waals surface area contributed by atoms with Crippen LogP contribution in [0.1, 0.15) is 31.8 Å². The van der Waals surface area contributed by atoms with Crippen molar-refractivity contribution in [1.82, 2.24) is 9.80 Å². The average Bonchev–Trinajstić information content (AvgIpc) is 3.46. The molecule has 4 aromatic rings. The fourth-order valence-electron chi connectivity index (χ4n) is 6.30. The van der Waals surface area contributed by atoms with Crippen LogP contribution in [0.5, 0.6) is 23.0 Å². The van der Waals surface area contributed by atoms with E-state index in [1.54, 1.807) is 36.4 Å². The van der Waals surface area contributed by atoms with E-state index >= 15 is 0 Å². The van der Waals surface area contributed by atoms with Crippen molar-refractivity contribution in [2.45, 2.75) is 25.2 Å². The summed E-state index contributed by atoms with van der Waals surface area (Å²) in [6.45, 7) is 0.562. The molecule has 1 heterocycles. The first-order valence-electron chi connectivity index (χ1n) is 15.9. The highest BCUT2D eigenvalue weighted by molar-refractivity contribution is 7.91. The number of hydrogen-bond acceptors (Lipinski definition) is 10. The molecule has 258 valence electrons. The van der Waals surface area contributed by atoms with Crippen LogP contribution >= 0.6 is 0 Å². The maximum Gasteiger partial charge on any atom is 0.176 e. The quantitative estimate of drug-likeness (QED) is 0.150. The van der Waals surface area contributed by atoms with Gasteiger partial charge in [-0.3, -0.25) is 19.4 Å². The van der Waals surface area contributed by atoms with Gasteiger partial charge in [-0.25, -0.2) is 8.42 Å². The van der Waals surface area contributed by atoms with Gasteiger partial charge in [0.15, 0.2) is 44.4 Å². The predicted octanol–water partition coefficient (Wildman–Crippen LogP) is 4.96. The molecule has 5 rings (SSSR count). The number of Topliss-reactive ketones (excluding diaryl/α,β-unsaturated/α-hetero) is 2. The summed E-state index contributed by atoms with van der Waals surface area (Å²) < 4.78 is 48.6. The van der Waals surface area contributed by atoms with E-state index in [4.69, 9.17) is 18.9 Å². The molecule has 0 aromatic heterocycles. The van der Waals surface area contributed by atoms with Gasteiger partial charge in [0, 0.05) is 36.3 Å². The van der Waals surface area contributed by atoms with Crippen LogP contribution in [0, 0.1) is 0 Å². The minimum Gasteiger partial charge on any atom is -0.493 e. The van der Waals surface area contributed by atoms with Crippen LogP contribution in [-0.4, -0.2) is 94.9 Å². The van der Waals surface area contributed by atoms with Gasteiger partial charge < -0.3 is 18.9 Å². The first-order valence-corrected chi connectivity index (χ1v) is 17.7. The van der Waals surface area contributed by atoms with E-state index in [1.165, 1.54) is 28.4 Å². The van der Waals surface area contributed by atoms with Gasteiger partial charge in [0.2, 0.25) is 0 Å². The summed E-state index contributed by atoms with van der Waals surface area (Å²) in [5.41, 5.74) is 2.69. The van der Waals surface area contributed by atoms with Crippen molar-refractivity contribution < 1.29 is 37.0 Å². The number of carbonyl (C=O) groups excluding carboxylic acids is 2. The highest BCUT2D eigenvalue weighted by Gasteiger charge is 2.45. The van der Waals surface area contributed by atoms with E-state index in [-0.39, 0.29) is 36.2 Å². The highest BCUT2D eigenvalue weighted by atomic mass is 32.2. The van der Waals surface area contributed by atoms with Gasteiger partial charge in [0.05, 0.1) is 53.0 Å². The molecular weight excluding hydrogens is 644 g/mol. The molecular formula is C38H42N2O8S. The minimum absolute atomic E-state index is 0.0517. The Hall–Kier alpha value is -4.71. The molecule has 0 radical (unpaired) electrons. The van der Waals surface area contributed by atoms with Crippen molar-refractivity contribution in [2.75, 3.05) is 53.0 Å². The lowest BCUT2D eigenvalue weighted by molar-refractivity contribution is 0.0686. The van der Waals surface area contributed by atoms with Crippen molar-refractivity contribution >= 4 is 21.4 Å². The van der Waals surface area contributed by atoms with Crippen molar-refractivity contribution in [2.24, 2.45) is 0 Å². The molecule has 2 atom stereocenters. The number of methoxy groups -OCH3 is 4. The zero-order valence-corrected chi connectivity index (χ0v) is 29.0. The molecule has 4 aromatic carbocycles. The molecule has 0 saturated carbocycles. The lowest BCUT2D eigenvalue weighted by Crippen LogP contribution is -2.53. The SMILES string of the molecule is COc1ccc(C(=O)CN(Cc2ccccc2)[C@@H]2CS(=O)(=O)C[C@H]2N(CC(=O)c2ccc(OC)c(OC)c2)Cc2ccccc2)cc1OC. The number of ketones is 2. The maximum atomic E-state index is 13.9. The second-order valence-corrected chi connectivity index (χ2v) is 14.1. The number of carbonyl (C=O) groups is 2. The van der Waals surface area contributed by atoms with Crippen LogP contribution in [0.25, 0.3) is 0 Å². The van der Waals surface area contributed by atoms with E-state index in [9.17, 15) is 18.0 Å². The topological polar surface area (TPSA) is 112 Å². The van der Waals surface area contributed by atoms with Gasteiger partial charge in [-0.2, -0.15) is 0 Å². The number of hydrogen-bond donors (Lipinski definition) is 0. The molecule has 1 aliphatic rings. The van der Waals surface area contributed by atoms with Crippen molar-refractivity contribution in [3.8, 4) is 23.0 Å². The summed E-state index contributed by atoms with van der Waals surface area (Å²) in [4.78, 5) is 31.7. The summed E-state index contributed by atoms with van der Waals surface area (Å²) in [7, 11) is 2.53. The van der Waals surface area contributed by atoms with Crippen molar-refractivity contribution in [1.29, 1.82) is 0 Å². The summed E-state index contributed by atoms with van der Waals surface area (Å²) >= 11 is 0. The average molecular weight is 687 g/mol. The summed E-state index contributed by atoms with van der Waals surface area (Å²) in [5, 5.41) is 0. The molecule has 0 amide bonds. The third-order valence-corrected chi connectivity index (χ3v) is 10.5. The summed E-state index contributed by atoms with van der Waals surface area (Å²) in [6.07, 6.45) is 0. The molecule has 11 heteroatoms. The predicted molar refractivity (Wildman–Crippen MR) is 188 cm³/mol. The van der Waals surface area contributed by atoms with E-state index in [0.717, 1.165) is 11.1 Å². The van der Waals surface area contributed by atoms with Crippen LogP contribution in [0.4, 0.5) is 0 Å². The zero-order valence-electron chi connectivity index (χ0n) is 28.2. The first-order chi connectivity index (χ1) is 23.6. The molecule has 0 aliphatic carbocycles. The molecule has 1 aliphatic heterocycles. The fourth-order valence-corrected chi connectivity index (χ4v) is 8.34. The van der Waals surface area contributed by atoms with Gasteiger partial charge in [0.1, 0.15) is 0 Å². The number of sulfone groups is 1. The van der Waals surface area contributed by atoms with Gasteiger partial charge in [-0.15, -0.1) is 0 Å². The fraction of sp³-hybridized carbons (Fsp3) is 0.316. The Morgan fingerprint density at radius 3 is 1.29 bits per heavy atom. The Labute approximate surface area is 288 Å². The van der Waals surface area contributed by atoms with Crippen LogP contribution < -0.4 is 18.9 Å². The van der Waals surface area contributed by atoms with Crippen molar-refractivity contribution in [3.05, 3.63) is 119 Å². The lowest BCUT2D eigenvalue weighted by atomic mass is 10.0. The van der Waals surface area contributed by atoms with E-state index < -0.39 is 21.9 Å². The number of nitrogens with zero attached hydrogens (tertiary/aromatic N) is 2. The van der Waals surface area contributed by atoms with Gasteiger partial charge in [0.25, 0.3) is 0 Å². The second kappa shape index (κ2) is 16.1. The van der Waals surface area contributed by atoms with Crippen LogP contribution in [0.15, 0.2) is 97.1 Å². The van der Waals surface area contributed by atoms with Gasteiger partial charge in [-0.1, -0.05) is 60.7 Å². The first kappa shape index (κ1) is 35.6. The van der Waals surface area contributed by atoms with E-state index in [1.807, 2.05) is 70.5 Å². The van der Waals surface area contributed by atoms with E-state index in [0.29, 0.717) is 47.2 Å².